The lowest BCUT2D eigenvalue weighted by molar-refractivity contribution is 0.398. The Labute approximate surface area is 71.7 Å². The molecule has 0 spiro atoms. The van der Waals surface area contributed by atoms with Crippen LogP contribution in [0.3, 0.4) is 0 Å². The fraction of sp³-hybridized carbons (Fsp3) is 0.375. The van der Waals surface area contributed by atoms with E-state index in [4.69, 9.17) is 10.5 Å². The predicted octanol–water partition coefficient (Wildman–Crippen LogP) is 1.10. The topological polar surface area (TPSA) is 60.2 Å². The number of nitrogen functional groups attached to an aromatic ring is 1. The van der Waals surface area contributed by atoms with E-state index in [1.54, 1.807) is 19.2 Å². The van der Waals surface area contributed by atoms with Crippen molar-refractivity contribution in [1.29, 1.82) is 0 Å². The number of methoxy groups -OCH3 is 1. The van der Waals surface area contributed by atoms with Crippen molar-refractivity contribution < 1.29 is 4.74 Å². The van der Waals surface area contributed by atoms with Crippen molar-refractivity contribution in [2.24, 2.45) is 0 Å². The monoisotopic (exact) mass is 167 g/mol. The molecule has 1 heterocycles. The highest BCUT2D eigenvalue weighted by Gasteiger charge is 2.00. The minimum absolute atomic E-state index is 0.570. The van der Waals surface area contributed by atoms with Gasteiger partial charge in [0, 0.05) is 12.6 Å². The summed E-state index contributed by atoms with van der Waals surface area (Å²) in [5, 5.41) is 3.03. The Morgan fingerprint density at radius 2 is 2.33 bits per heavy atom. The van der Waals surface area contributed by atoms with Gasteiger partial charge in [0.05, 0.1) is 12.8 Å². The zero-order chi connectivity index (χ0) is 8.97. The number of nitrogens with one attached hydrogen (secondary N) is 1. The van der Waals surface area contributed by atoms with Crippen LogP contribution in [0.1, 0.15) is 6.92 Å². The second-order valence-electron chi connectivity index (χ2n) is 2.32. The molecule has 0 aliphatic heterocycles. The van der Waals surface area contributed by atoms with Crippen LogP contribution >= 0.6 is 0 Å². The van der Waals surface area contributed by atoms with E-state index >= 15 is 0 Å². The molecule has 1 aromatic heterocycles. The highest BCUT2D eigenvalue weighted by Crippen LogP contribution is 2.18. The highest BCUT2D eigenvalue weighted by atomic mass is 16.5. The first-order valence-electron chi connectivity index (χ1n) is 3.82. The zero-order valence-electron chi connectivity index (χ0n) is 7.29. The number of nitrogens with zero attached hydrogens (tertiary/aromatic N) is 1. The molecule has 0 atom stereocenters. The lowest BCUT2D eigenvalue weighted by Gasteiger charge is -2.06. The first-order valence-corrected chi connectivity index (χ1v) is 3.82. The van der Waals surface area contributed by atoms with Gasteiger partial charge >= 0.3 is 0 Å². The summed E-state index contributed by atoms with van der Waals surface area (Å²) < 4.78 is 4.95. The third-order valence-corrected chi connectivity index (χ3v) is 1.45. The third-order valence-electron chi connectivity index (χ3n) is 1.45. The van der Waals surface area contributed by atoms with Gasteiger partial charge < -0.3 is 15.8 Å². The van der Waals surface area contributed by atoms with E-state index in [1.165, 1.54) is 0 Å². The summed E-state index contributed by atoms with van der Waals surface area (Å²) in [6, 6.07) is 3.50. The summed E-state index contributed by atoms with van der Waals surface area (Å²) in [6.45, 7) is 2.78. The Morgan fingerprint density at radius 1 is 1.58 bits per heavy atom. The van der Waals surface area contributed by atoms with Crippen molar-refractivity contribution in [3.05, 3.63) is 12.1 Å². The Morgan fingerprint density at radius 3 is 2.92 bits per heavy atom. The average Bonchev–Trinajstić information content (AvgIpc) is 2.09. The number of rotatable bonds is 3. The minimum atomic E-state index is 0.570. The Hall–Kier alpha value is -1.45. The van der Waals surface area contributed by atoms with E-state index in [1.807, 2.05) is 6.92 Å². The number of pyridine rings is 1. The number of hydrogen-bond donors (Lipinski definition) is 2. The largest absolute Gasteiger partial charge is 0.481 e. The first kappa shape index (κ1) is 8.64. The predicted molar refractivity (Wildman–Crippen MR) is 49.4 cm³/mol. The number of nitrogens with two attached hydrogens (primary N) is 1. The molecule has 0 saturated carbocycles. The van der Waals surface area contributed by atoms with Gasteiger partial charge in [-0.25, -0.2) is 0 Å². The van der Waals surface area contributed by atoms with Crippen LogP contribution in [0.2, 0.25) is 0 Å². The van der Waals surface area contributed by atoms with Crippen LogP contribution in [0.15, 0.2) is 12.1 Å². The maximum absolute atomic E-state index is 5.65. The quantitative estimate of drug-likeness (QED) is 0.707. The van der Waals surface area contributed by atoms with Crippen LogP contribution in [0, 0.1) is 0 Å². The van der Waals surface area contributed by atoms with Crippen molar-refractivity contribution in [1.82, 2.24) is 4.98 Å². The first-order chi connectivity index (χ1) is 5.77. The van der Waals surface area contributed by atoms with Gasteiger partial charge in [-0.3, -0.25) is 0 Å². The molecular formula is C8H13N3O. The van der Waals surface area contributed by atoms with Crippen LogP contribution in [0.4, 0.5) is 11.5 Å². The molecule has 0 radical (unpaired) electrons. The SMILES string of the molecule is CCNc1nc(OC)ccc1N. The van der Waals surface area contributed by atoms with E-state index in [2.05, 4.69) is 10.3 Å². The number of anilines is 2. The van der Waals surface area contributed by atoms with Gasteiger partial charge in [-0.05, 0) is 13.0 Å². The van der Waals surface area contributed by atoms with E-state index in [9.17, 15) is 0 Å². The molecule has 0 amide bonds. The van der Waals surface area contributed by atoms with Crippen LogP contribution in [0.5, 0.6) is 5.88 Å². The summed E-state index contributed by atoms with van der Waals surface area (Å²) in [7, 11) is 1.58. The van der Waals surface area contributed by atoms with Gasteiger partial charge in [0.15, 0.2) is 5.82 Å². The van der Waals surface area contributed by atoms with E-state index < -0.39 is 0 Å². The second-order valence-corrected chi connectivity index (χ2v) is 2.32. The maximum Gasteiger partial charge on any atom is 0.215 e. The smallest absolute Gasteiger partial charge is 0.215 e. The summed E-state index contributed by atoms with van der Waals surface area (Å²) >= 11 is 0. The lowest BCUT2D eigenvalue weighted by Crippen LogP contribution is -2.03. The maximum atomic E-state index is 5.65. The second kappa shape index (κ2) is 3.80. The lowest BCUT2D eigenvalue weighted by atomic mass is 10.4. The van der Waals surface area contributed by atoms with Gasteiger partial charge in [0.1, 0.15) is 0 Å². The Bertz CT molecular complexity index is 262. The molecule has 0 unspecified atom stereocenters. The summed E-state index contributed by atoms with van der Waals surface area (Å²) in [4.78, 5) is 4.12. The molecule has 1 aromatic rings. The standard InChI is InChI=1S/C8H13N3O/c1-3-10-8-6(9)4-5-7(11-8)12-2/h4-5H,3,9H2,1-2H3,(H,10,11). The van der Waals surface area contributed by atoms with Crippen LogP contribution < -0.4 is 15.8 Å². The zero-order valence-corrected chi connectivity index (χ0v) is 7.29. The third kappa shape index (κ3) is 1.78. The fourth-order valence-corrected chi connectivity index (χ4v) is 0.875. The van der Waals surface area contributed by atoms with Gasteiger partial charge in [0.2, 0.25) is 5.88 Å². The van der Waals surface area contributed by atoms with Crippen molar-refractivity contribution >= 4 is 11.5 Å². The van der Waals surface area contributed by atoms with Crippen LogP contribution in [0.25, 0.3) is 0 Å². The fourth-order valence-electron chi connectivity index (χ4n) is 0.875. The molecule has 3 N–H and O–H groups in total. The van der Waals surface area contributed by atoms with E-state index in [0.717, 1.165) is 6.54 Å². The molecule has 1 rings (SSSR count). The highest BCUT2D eigenvalue weighted by molar-refractivity contribution is 5.61. The molecular weight excluding hydrogens is 154 g/mol. The van der Waals surface area contributed by atoms with Gasteiger partial charge in [-0.1, -0.05) is 0 Å². The molecule has 0 aromatic carbocycles. The molecule has 0 aliphatic rings. The van der Waals surface area contributed by atoms with E-state index in [-0.39, 0.29) is 0 Å². The van der Waals surface area contributed by atoms with Crippen LogP contribution in [-0.2, 0) is 0 Å². The Kier molecular flexibility index (Phi) is 2.74. The average molecular weight is 167 g/mol. The van der Waals surface area contributed by atoms with Gasteiger partial charge in [0.25, 0.3) is 0 Å². The summed E-state index contributed by atoms with van der Waals surface area (Å²) in [6.07, 6.45) is 0. The van der Waals surface area contributed by atoms with Crippen molar-refractivity contribution in [3.63, 3.8) is 0 Å². The molecule has 4 heteroatoms. The molecule has 66 valence electrons. The molecule has 0 fully saturated rings. The van der Waals surface area contributed by atoms with Gasteiger partial charge in [-0.2, -0.15) is 4.98 Å². The number of aromatic nitrogens is 1. The molecule has 0 bridgehead atoms. The van der Waals surface area contributed by atoms with Crippen molar-refractivity contribution in [3.8, 4) is 5.88 Å². The Balaban J connectivity index is 2.91. The summed E-state index contributed by atoms with van der Waals surface area (Å²) in [5.74, 6) is 1.25. The molecule has 0 aliphatic carbocycles. The molecule has 4 nitrogen and oxygen atoms in total. The van der Waals surface area contributed by atoms with Crippen molar-refractivity contribution in [2.75, 3.05) is 24.7 Å². The molecule has 12 heavy (non-hydrogen) atoms. The summed E-state index contributed by atoms with van der Waals surface area (Å²) in [5.41, 5.74) is 6.29. The van der Waals surface area contributed by atoms with Crippen LogP contribution in [-0.4, -0.2) is 18.6 Å². The normalized spacial score (nSPS) is 9.50. The van der Waals surface area contributed by atoms with Crippen molar-refractivity contribution in [2.45, 2.75) is 6.92 Å². The number of hydrogen-bond acceptors (Lipinski definition) is 4. The number of ether oxygens (including phenoxy) is 1. The van der Waals surface area contributed by atoms with E-state index in [0.29, 0.717) is 17.4 Å². The minimum Gasteiger partial charge on any atom is -0.481 e. The van der Waals surface area contributed by atoms with Gasteiger partial charge in [-0.15, -0.1) is 0 Å². The molecule has 0 saturated heterocycles.